The van der Waals surface area contributed by atoms with Gasteiger partial charge in [-0.1, -0.05) is 26.0 Å². The lowest BCUT2D eigenvalue weighted by Gasteiger charge is -2.48. The molecule has 1 saturated carbocycles. The predicted molar refractivity (Wildman–Crippen MR) is 84.6 cm³/mol. The lowest BCUT2D eigenvalue weighted by Crippen LogP contribution is -2.64. The zero-order valence-electron chi connectivity index (χ0n) is 13.4. The van der Waals surface area contributed by atoms with E-state index >= 15 is 0 Å². The minimum Gasteiger partial charge on any atom is -0.308 e. The molecule has 0 aromatic heterocycles. The number of hydrogen-bond acceptors (Lipinski definition) is 2. The first-order valence-corrected chi connectivity index (χ1v) is 8.21. The summed E-state index contributed by atoms with van der Waals surface area (Å²) in [5.41, 5.74) is 1.47. The van der Waals surface area contributed by atoms with Crippen molar-refractivity contribution in [3.8, 4) is 0 Å². The van der Waals surface area contributed by atoms with Gasteiger partial charge in [0.1, 0.15) is 5.82 Å². The van der Waals surface area contributed by atoms with Crippen LogP contribution in [0.5, 0.6) is 0 Å². The normalized spacial score (nSPS) is 30.8. The summed E-state index contributed by atoms with van der Waals surface area (Å²) >= 11 is 0. The monoisotopic (exact) mass is 290 g/mol. The molecule has 1 N–H and O–H groups in total. The average Bonchev–Trinajstić information content (AvgIpc) is 3.26. The van der Waals surface area contributed by atoms with E-state index in [1.165, 1.54) is 18.4 Å². The van der Waals surface area contributed by atoms with Crippen molar-refractivity contribution in [2.75, 3.05) is 13.1 Å². The zero-order valence-corrected chi connectivity index (χ0v) is 13.4. The van der Waals surface area contributed by atoms with Gasteiger partial charge in [0.15, 0.2) is 0 Å². The summed E-state index contributed by atoms with van der Waals surface area (Å²) in [5.74, 6) is 1.31. The lowest BCUT2D eigenvalue weighted by atomic mass is 9.88. The molecule has 3 rings (SSSR count). The Bertz CT molecular complexity index is 480. The van der Waals surface area contributed by atoms with Crippen molar-refractivity contribution in [3.63, 3.8) is 0 Å². The molecule has 2 fully saturated rings. The number of piperazine rings is 1. The van der Waals surface area contributed by atoms with Crippen molar-refractivity contribution < 1.29 is 4.39 Å². The van der Waals surface area contributed by atoms with E-state index in [0.717, 1.165) is 25.6 Å². The number of rotatable bonds is 4. The Balaban J connectivity index is 1.75. The number of hydrogen-bond donors (Lipinski definition) is 1. The van der Waals surface area contributed by atoms with Crippen LogP contribution >= 0.6 is 0 Å². The van der Waals surface area contributed by atoms with Crippen LogP contribution in [-0.4, -0.2) is 29.6 Å². The summed E-state index contributed by atoms with van der Waals surface area (Å²) < 4.78 is 13.1. The fourth-order valence-corrected chi connectivity index (χ4v) is 3.71. The molecule has 2 unspecified atom stereocenters. The van der Waals surface area contributed by atoms with E-state index in [4.69, 9.17) is 0 Å². The van der Waals surface area contributed by atoms with Crippen LogP contribution in [-0.2, 0) is 6.54 Å². The number of nitrogens with one attached hydrogen (secondary N) is 1. The molecule has 1 saturated heterocycles. The molecule has 3 heteroatoms. The van der Waals surface area contributed by atoms with Gasteiger partial charge in [0.25, 0.3) is 0 Å². The van der Waals surface area contributed by atoms with E-state index in [2.05, 4.69) is 31.0 Å². The van der Waals surface area contributed by atoms with E-state index in [-0.39, 0.29) is 11.4 Å². The largest absolute Gasteiger partial charge is 0.308 e. The summed E-state index contributed by atoms with van der Waals surface area (Å²) in [5, 5.41) is 3.81. The first kappa shape index (κ1) is 15.0. The smallest absolute Gasteiger partial charge is 0.123 e. The van der Waals surface area contributed by atoms with Crippen molar-refractivity contribution in [2.24, 2.45) is 11.8 Å². The van der Waals surface area contributed by atoms with Gasteiger partial charge in [-0.05, 0) is 49.3 Å². The molecule has 2 aliphatic rings. The third-order valence-corrected chi connectivity index (χ3v) is 5.26. The second kappa shape index (κ2) is 5.69. The standard InChI is InChI=1S/C18H27FN2/c1-13(2)17-10-20-18(3,15-6-7-15)12-21(17)11-14-4-8-16(19)9-5-14/h4-5,8-9,13,15,17,20H,6-7,10-12H2,1-3H3. The first-order valence-electron chi connectivity index (χ1n) is 8.21. The lowest BCUT2D eigenvalue weighted by molar-refractivity contribution is 0.0462. The van der Waals surface area contributed by atoms with Gasteiger partial charge in [-0.3, -0.25) is 4.90 Å². The summed E-state index contributed by atoms with van der Waals surface area (Å²) in [6.45, 7) is 10.0. The topological polar surface area (TPSA) is 15.3 Å². The number of halogens is 1. The highest BCUT2D eigenvalue weighted by Gasteiger charge is 2.46. The van der Waals surface area contributed by atoms with Crippen LogP contribution in [0.15, 0.2) is 24.3 Å². The Kier molecular flexibility index (Phi) is 4.06. The SMILES string of the molecule is CC(C)C1CNC(C)(C2CC2)CN1Cc1ccc(F)cc1. The van der Waals surface area contributed by atoms with Crippen LogP contribution in [0.25, 0.3) is 0 Å². The van der Waals surface area contributed by atoms with E-state index in [1.54, 1.807) is 12.1 Å². The van der Waals surface area contributed by atoms with Crippen molar-refractivity contribution in [1.82, 2.24) is 10.2 Å². The molecular weight excluding hydrogens is 263 g/mol. The van der Waals surface area contributed by atoms with E-state index in [9.17, 15) is 4.39 Å². The molecule has 0 bridgehead atoms. The molecular formula is C18H27FN2. The molecule has 1 heterocycles. The Morgan fingerprint density at radius 1 is 1.29 bits per heavy atom. The minimum absolute atomic E-state index is 0.151. The molecule has 1 aromatic rings. The van der Waals surface area contributed by atoms with Crippen molar-refractivity contribution in [3.05, 3.63) is 35.6 Å². The molecule has 21 heavy (non-hydrogen) atoms. The summed E-state index contributed by atoms with van der Waals surface area (Å²) in [7, 11) is 0. The molecule has 116 valence electrons. The number of benzene rings is 1. The zero-order chi connectivity index (χ0) is 15.0. The highest BCUT2D eigenvalue weighted by Crippen LogP contribution is 2.42. The molecule has 2 nitrogen and oxygen atoms in total. The van der Waals surface area contributed by atoms with Gasteiger partial charge in [-0.15, -0.1) is 0 Å². The summed E-state index contributed by atoms with van der Waals surface area (Å²) in [6, 6.07) is 7.54. The van der Waals surface area contributed by atoms with Crippen LogP contribution in [0.4, 0.5) is 4.39 Å². The molecule has 2 atom stereocenters. The van der Waals surface area contributed by atoms with Gasteiger partial charge >= 0.3 is 0 Å². The van der Waals surface area contributed by atoms with E-state index in [0.29, 0.717) is 12.0 Å². The highest BCUT2D eigenvalue weighted by molar-refractivity contribution is 5.17. The van der Waals surface area contributed by atoms with Crippen LogP contribution < -0.4 is 5.32 Å². The Morgan fingerprint density at radius 3 is 2.52 bits per heavy atom. The predicted octanol–water partition coefficient (Wildman–Crippen LogP) is 3.42. The second-order valence-corrected chi connectivity index (χ2v) is 7.42. The summed E-state index contributed by atoms with van der Waals surface area (Å²) in [4.78, 5) is 2.60. The maximum absolute atomic E-state index is 13.1. The third-order valence-electron chi connectivity index (χ3n) is 5.26. The molecule has 0 spiro atoms. The summed E-state index contributed by atoms with van der Waals surface area (Å²) in [6.07, 6.45) is 2.72. The van der Waals surface area contributed by atoms with Gasteiger partial charge in [0, 0.05) is 31.2 Å². The Hall–Kier alpha value is -0.930. The molecule has 0 amide bonds. The fourth-order valence-electron chi connectivity index (χ4n) is 3.71. The van der Waals surface area contributed by atoms with Gasteiger partial charge < -0.3 is 5.32 Å². The highest BCUT2D eigenvalue weighted by atomic mass is 19.1. The van der Waals surface area contributed by atoms with E-state index in [1.807, 2.05) is 12.1 Å². The maximum Gasteiger partial charge on any atom is 0.123 e. The van der Waals surface area contributed by atoms with Crippen molar-refractivity contribution in [1.29, 1.82) is 0 Å². The number of nitrogens with zero attached hydrogens (tertiary/aromatic N) is 1. The van der Waals surface area contributed by atoms with Gasteiger partial charge in [-0.2, -0.15) is 0 Å². The molecule has 1 aliphatic heterocycles. The molecule has 0 radical (unpaired) electrons. The van der Waals surface area contributed by atoms with Gasteiger partial charge in [-0.25, -0.2) is 4.39 Å². The minimum atomic E-state index is -0.151. The second-order valence-electron chi connectivity index (χ2n) is 7.42. The quantitative estimate of drug-likeness (QED) is 0.914. The van der Waals surface area contributed by atoms with E-state index < -0.39 is 0 Å². The van der Waals surface area contributed by atoms with Crippen LogP contribution in [0.3, 0.4) is 0 Å². The van der Waals surface area contributed by atoms with Crippen LogP contribution in [0.1, 0.15) is 39.2 Å². The Morgan fingerprint density at radius 2 is 1.95 bits per heavy atom. The molecule has 1 aromatic carbocycles. The Labute approximate surface area is 127 Å². The van der Waals surface area contributed by atoms with Crippen LogP contribution in [0, 0.1) is 17.7 Å². The maximum atomic E-state index is 13.1. The van der Waals surface area contributed by atoms with Gasteiger partial charge in [0.2, 0.25) is 0 Å². The van der Waals surface area contributed by atoms with Gasteiger partial charge in [0.05, 0.1) is 0 Å². The molecule has 1 aliphatic carbocycles. The fraction of sp³-hybridized carbons (Fsp3) is 0.667. The first-order chi connectivity index (χ1) is 9.98. The van der Waals surface area contributed by atoms with Crippen molar-refractivity contribution in [2.45, 2.75) is 51.7 Å². The van der Waals surface area contributed by atoms with Crippen molar-refractivity contribution >= 4 is 0 Å². The average molecular weight is 290 g/mol. The van der Waals surface area contributed by atoms with Crippen LogP contribution in [0.2, 0.25) is 0 Å². The third kappa shape index (κ3) is 3.29.